The summed E-state index contributed by atoms with van der Waals surface area (Å²) < 4.78 is 5.56. The van der Waals surface area contributed by atoms with Crippen LogP contribution in [0, 0.1) is 5.41 Å². The van der Waals surface area contributed by atoms with Crippen molar-refractivity contribution in [1.29, 1.82) is 0 Å². The van der Waals surface area contributed by atoms with E-state index < -0.39 is 0 Å². The molecule has 1 atom stereocenters. The summed E-state index contributed by atoms with van der Waals surface area (Å²) in [5, 5.41) is 7.65. The van der Waals surface area contributed by atoms with Gasteiger partial charge in [0.2, 0.25) is 0 Å². The molecule has 0 radical (unpaired) electrons. The van der Waals surface area contributed by atoms with Crippen LogP contribution in [0.15, 0.2) is 21.8 Å². The van der Waals surface area contributed by atoms with Gasteiger partial charge in [-0.3, -0.25) is 4.99 Å². The van der Waals surface area contributed by atoms with Gasteiger partial charge < -0.3 is 15.0 Å². The summed E-state index contributed by atoms with van der Waals surface area (Å²) in [5.74, 6) is 0.891. The van der Waals surface area contributed by atoms with Crippen LogP contribution in [-0.2, 0) is 11.3 Å². The highest BCUT2D eigenvalue weighted by atomic mass is 127. The van der Waals surface area contributed by atoms with Gasteiger partial charge in [-0.05, 0) is 27.8 Å². The van der Waals surface area contributed by atoms with Gasteiger partial charge in [-0.2, -0.15) is 11.3 Å². The molecule has 0 bridgehead atoms. The first-order chi connectivity index (χ1) is 9.38. The summed E-state index contributed by atoms with van der Waals surface area (Å²) in [6.45, 7) is 8.15. The number of halogens is 1. The number of nitrogens with zero attached hydrogens (tertiary/aromatic N) is 2. The van der Waals surface area contributed by atoms with Crippen LogP contribution >= 0.6 is 35.3 Å². The molecular weight excluding hydrogens is 397 g/mol. The van der Waals surface area contributed by atoms with Crippen LogP contribution in [0.1, 0.15) is 26.3 Å². The van der Waals surface area contributed by atoms with Gasteiger partial charge in [0.15, 0.2) is 5.96 Å². The number of methoxy groups -OCH3 is 1. The van der Waals surface area contributed by atoms with Crippen molar-refractivity contribution in [2.45, 2.75) is 33.4 Å². The van der Waals surface area contributed by atoms with E-state index in [1.54, 1.807) is 18.4 Å². The highest BCUT2D eigenvalue weighted by Gasteiger charge is 2.24. The smallest absolute Gasteiger partial charge is 0.193 e. The molecule has 0 saturated heterocycles. The van der Waals surface area contributed by atoms with Gasteiger partial charge in [-0.25, -0.2) is 0 Å². The van der Waals surface area contributed by atoms with Crippen LogP contribution in [0.25, 0.3) is 0 Å². The van der Waals surface area contributed by atoms with Crippen molar-refractivity contribution in [2.75, 3.05) is 27.7 Å². The van der Waals surface area contributed by atoms with E-state index >= 15 is 0 Å². The second-order valence-electron chi connectivity index (χ2n) is 6.01. The van der Waals surface area contributed by atoms with Gasteiger partial charge in [-0.1, -0.05) is 20.8 Å². The highest BCUT2D eigenvalue weighted by Crippen LogP contribution is 2.21. The summed E-state index contributed by atoms with van der Waals surface area (Å²) >= 11 is 1.72. The van der Waals surface area contributed by atoms with E-state index in [0.717, 1.165) is 19.0 Å². The molecule has 1 rings (SSSR count). The van der Waals surface area contributed by atoms with Crippen LogP contribution in [0.4, 0.5) is 0 Å². The zero-order chi connectivity index (χ0) is 15.2. The molecule has 1 aromatic heterocycles. The number of thiophene rings is 1. The molecule has 1 aromatic rings. The van der Waals surface area contributed by atoms with Crippen molar-refractivity contribution in [3.8, 4) is 0 Å². The maximum Gasteiger partial charge on any atom is 0.193 e. The third kappa shape index (κ3) is 6.97. The lowest BCUT2D eigenvalue weighted by Gasteiger charge is -2.31. The van der Waals surface area contributed by atoms with E-state index in [4.69, 9.17) is 4.74 Å². The molecule has 122 valence electrons. The number of aliphatic imine (C=N–C) groups is 1. The lowest BCUT2D eigenvalue weighted by molar-refractivity contribution is 0.0202. The molecule has 1 N–H and O–H groups in total. The molecule has 1 heterocycles. The average Bonchev–Trinajstić information content (AvgIpc) is 2.85. The SMILES string of the molecule is CN=C(NCC(OC)C(C)(C)C)N(C)Cc1ccsc1.I. The van der Waals surface area contributed by atoms with Crippen LogP contribution in [0.2, 0.25) is 0 Å². The Balaban J connectivity index is 0.00000400. The minimum absolute atomic E-state index is 0. The summed E-state index contributed by atoms with van der Waals surface area (Å²) in [7, 11) is 5.62. The zero-order valence-electron chi connectivity index (χ0n) is 13.8. The molecule has 6 heteroatoms. The minimum Gasteiger partial charge on any atom is -0.379 e. The molecule has 4 nitrogen and oxygen atoms in total. The second kappa shape index (κ2) is 9.63. The third-order valence-corrected chi connectivity index (χ3v) is 4.00. The van der Waals surface area contributed by atoms with Crippen molar-refractivity contribution in [3.05, 3.63) is 22.4 Å². The van der Waals surface area contributed by atoms with Gasteiger partial charge in [0, 0.05) is 34.3 Å². The van der Waals surface area contributed by atoms with Crippen molar-refractivity contribution >= 4 is 41.3 Å². The largest absolute Gasteiger partial charge is 0.379 e. The molecule has 1 unspecified atom stereocenters. The Morgan fingerprint density at radius 3 is 2.57 bits per heavy atom. The standard InChI is InChI=1S/C15H27N3OS.HI/c1-15(2,3)13(19-6)9-17-14(16-4)18(5)10-12-7-8-20-11-12;/h7-8,11,13H,9-10H2,1-6H3,(H,16,17);1H. The fourth-order valence-corrected chi connectivity index (χ4v) is 2.70. The maximum absolute atomic E-state index is 5.56. The molecule has 0 fully saturated rings. The Hall–Kier alpha value is -0.340. The van der Waals surface area contributed by atoms with E-state index in [1.807, 2.05) is 14.1 Å². The van der Waals surface area contributed by atoms with E-state index in [2.05, 4.69) is 52.8 Å². The van der Waals surface area contributed by atoms with E-state index in [0.29, 0.717) is 0 Å². The minimum atomic E-state index is 0. The van der Waals surface area contributed by atoms with E-state index in [1.165, 1.54) is 5.56 Å². The first-order valence-corrected chi connectivity index (χ1v) is 7.78. The van der Waals surface area contributed by atoms with Crippen LogP contribution in [0.5, 0.6) is 0 Å². The lowest BCUT2D eigenvalue weighted by Crippen LogP contribution is -2.45. The van der Waals surface area contributed by atoms with Crippen molar-refractivity contribution in [1.82, 2.24) is 10.2 Å². The molecule has 0 aliphatic rings. The molecule has 0 aliphatic heterocycles. The van der Waals surface area contributed by atoms with Crippen LogP contribution in [-0.4, -0.2) is 44.7 Å². The fraction of sp³-hybridized carbons (Fsp3) is 0.667. The Kier molecular flexibility index (Phi) is 9.48. The summed E-state index contributed by atoms with van der Waals surface area (Å²) in [5.41, 5.74) is 1.41. The number of rotatable bonds is 5. The average molecular weight is 425 g/mol. The lowest BCUT2D eigenvalue weighted by atomic mass is 9.89. The Bertz CT molecular complexity index is 415. The summed E-state index contributed by atoms with van der Waals surface area (Å²) in [4.78, 5) is 6.46. The van der Waals surface area contributed by atoms with Crippen molar-refractivity contribution in [3.63, 3.8) is 0 Å². The van der Waals surface area contributed by atoms with Crippen LogP contribution < -0.4 is 5.32 Å². The summed E-state index contributed by atoms with van der Waals surface area (Å²) in [6.07, 6.45) is 0.147. The Labute approximate surface area is 150 Å². The van der Waals surface area contributed by atoms with E-state index in [-0.39, 0.29) is 35.5 Å². The van der Waals surface area contributed by atoms with Crippen molar-refractivity contribution in [2.24, 2.45) is 10.4 Å². The predicted molar refractivity (Wildman–Crippen MR) is 103 cm³/mol. The maximum atomic E-state index is 5.56. The summed E-state index contributed by atoms with van der Waals surface area (Å²) in [6, 6.07) is 2.14. The van der Waals surface area contributed by atoms with Gasteiger partial charge in [-0.15, -0.1) is 24.0 Å². The molecule has 0 saturated carbocycles. The third-order valence-electron chi connectivity index (χ3n) is 3.27. The monoisotopic (exact) mass is 425 g/mol. The van der Waals surface area contributed by atoms with Gasteiger partial charge in [0.25, 0.3) is 0 Å². The Morgan fingerprint density at radius 1 is 1.48 bits per heavy atom. The normalized spacial score (nSPS) is 13.5. The number of hydrogen-bond donors (Lipinski definition) is 1. The van der Waals surface area contributed by atoms with Crippen LogP contribution in [0.3, 0.4) is 0 Å². The first kappa shape index (κ1) is 20.7. The fourth-order valence-electron chi connectivity index (χ4n) is 2.04. The number of hydrogen-bond acceptors (Lipinski definition) is 3. The predicted octanol–water partition coefficient (Wildman–Crippen LogP) is 3.43. The quantitative estimate of drug-likeness (QED) is 0.446. The second-order valence-corrected chi connectivity index (χ2v) is 6.79. The number of ether oxygens (including phenoxy) is 1. The molecule has 0 spiro atoms. The number of nitrogens with one attached hydrogen (secondary N) is 1. The number of guanidine groups is 1. The molecule has 21 heavy (non-hydrogen) atoms. The van der Waals surface area contributed by atoms with E-state index in [9.17, 15) is 0 Å². The van der Waals surface area contributed by atoms with Crippen molar-refractivity contribution < 1.29 is 4.74 Å². The highest BCUT2D eigenvalue weighted by molar-refractivity contribution is 14.0. The molecular formula is C15H28IN3OS. The van der Waals surface area contributed by atoms with Gasteiger partial charge in [0.1, 0.15) is 0 Å². The van der Waals surface area contributed by atoms with Gasteiger partial charge in [0.05, 0.1) is 6.10 Å². The Morgan fingerprint density at radius 2 is 2.14 bits per heavy atom. The molecule has 0 aromatic carbocycles. The molecule has 0 aliphatic carbocycles. The topological polar surface area (TPSA) is 36.9 Å². The molecule has 0 amide bonds. The zero-order valence-corrected chi connectivity index (χ0v) is 17.0. The van der Waals surface area contributed by atoms with Gasteiger partial charge >= 0.3 is 0 Å². The first-order valence-electron chi connectivity index (χ1n) is 6.84.